The first kappa shape index (κ1) is 19.0. The summed E-state index contributed by atoms with van der Waals surface area (Å²) in [5.41, 5.74) is 0.727. The molecule has 0 radical (unpaired) electrons. The Morgan fingerprint density at radius 1 is 1.07 bits per heavy atom. The quantitative estimate of drug-likeness (QED) is 0.851. The molecule has 5 nitrogen and oxygen atoms in total. The zero-order valence-electron chi connectivity index (χ0n) is 14.0. The summed E-state index contributed by atoms with van der Waals surface area (Å²) in [6, 6.07) is 6.68. The molecule has 1 N–H and O–H groups in total. The van der Waals surface area contributed by atoms with Crippen molar-refractivity contribution in [2.24, 2.45) is 0 Å². The maximum atomic E-state index is 13.3. The molecule has 142 valence electrons. The highest BCUT2D eigenvalue weighted by Gasteiger charge is 2.27. The Morgan fingerprint density at radius 3 is 2.52 bits per heavy atom. The number of hydrogen-bond acceptors (Lipinski definition) is 2. The molecule has 1 aliphatic rings. The van der Waals surface area contributed by atoms with Gasteiger partial charge in [-0.3, -0.25) is 4.79 Å². The third-order valence-electron chi connectivity index (χ3n) is 4.11. The van der Waals surface area contributed by atoms with Crippen molar-refractivity contribution in [3.63, 3.8) is 0 Å². The zero-order valence-corrected chi connectivity index (χ0v) is 14.8. The number of amides is 3. The highest BCUT2D eigenvalue weighted by Crippen LogP contribution is 2.20. The molecule has 2 aromatic carbocycles. The van der Waals surface area contributed by atoms with Gasteiger partial charge in [0.05, 0.1) is 11.7 Å². The lowest BCUT2D eigenvalue weighted by Crippen LogP contribution is -2.51. The summed E-state index contributed by atoms with van der Waals surface area (Å²) < 4.78 is 39.6. The van der Waals surface area contributed by atoms with E-state index < -0.39 is 23.5 Å². The average molecular weight is 398 g/mol. The number of rotatable bonds is 3. The van der Waals surface area contributed by atoms with Crippen LogP contribution in [0.2, 0.25) is 5.02 Å². The number of halogens is 4. The summed E-state index contributed by atoms with van der Waals surface area (Å²) in [4.78, 5) is 27.3. The normalized spacial score (nSPS) is 14.4. The maximum absolute atomic E-state index is 13.3. The first-order valence-corrected chi connectivity index (χ1v) is 8.44. The number of carbonyl (C=O) groups excluding carboxylic acids is 2. The standard InChI is InChI=1S/C18H15ClF3N3O2/c19-13-8-12(2-4-14(13)20)23-18(27)24-6-5-17(26)25(10-24)9-11-1-3-15(21)16(22)7-11/h1-4,7-8H,5-6,9-10H2,(H,23,27). The van der Waals surface area contributed by atoms with Gasteiger partial charge in [-0.25, -0.2) is 18.0 Å². The lowest BCUT2D eigenvalue weighted by atomic mass is 10.2. The monoisotopic (exact) mass is 397 g/mol. The largest absolute Gasteiger partial charge is 0.323 e. The smallest absolute Gasteiger partial charge is 0.320 e. The van der Waals surface area contributed by atoms with Crippen LogP contribution >= 0.6 is 11.6 Å². The van der Waals surface area contributed by atoms with Crippen molar-refractivity contribution in [3.8, 4) is 0 Å². The minimum absolute atomic E-state index is 0.0153. The second-order valence-electron chi connectivity index (χ2n) is 6.05. The average Bonchev–Trinajstić information content (AvgIpc) is 2.63. The van der Waals surface area contributed by atoms with Crippen molar-refractivity contribution < 1.29 is 22.8 Å². The highest BCUT2D eigenvalue weighted by atomic mass is 35.5. The number of urea groups is 1. The molecule has 0 atom stereocenters. The second kappa shape index (κ2) is 7.87. The molecule has 0 aliphatic carbocycles. The molecule has 0 unspecified atom stereocenters. The molecule has 0 aromatic heterocycles. The van der Waals surface area contributed by atoms with Crippen LogP contribution in [0, 0.1) is 17.5 Å². The molecule has 1 heterocycles. The molecule has 9 heteroatoms. The summed E-state index contributed by atoms with van der Waals surface area (Å²) in [7, 11) is 0. The van der Waals surface area contributed by atoms with Crippen LogP contribution in [0.4, 0.5) is 23.7 Å². The first-order chi connectivity index (χ1) is 12.8. The summed E-state index contributed by atoms with van der Waals surface area (Å²) in [6.07, 6.45) is 0.0985. The van der Waals surface area contributed by atoms with Gasteiger partial charge in [-0.2, -0.15) is 0 Å². The zero-order chi connectivity index (χ0) is 19.6. The van der Waals surface area contributed by atoms with E-state index in [4.69, 9.17) is 11.6 Å². The topological polar surface area (TPSA) is 52.7 Å². The van der Waals surface area contributed by atoms with E-state index in [0.29, 0.717) is 11.3 Å². The number of nitrogens with one attached hydrogen (secondary N) is 1. The Kier molecular flexibility index (Phi) is 5.55. The summed E-state index contributed by atoms with van der Waals surface area (Å²) in [6.45, 7) is 0.231. The Hall–Kier alpha value is -2.74. The Bertz CT molecular complexity index is 894. The van der Waals surface area contributed by atoms with Gasteiger partial charge in [0.25, 0.3) is 0 Å². The molecule has 1 fully saturated rings. The van der Waals surface area contributed by atoms with E-state index in [9.17, 15) is 22.8 Å². The second-order valence-corrected chi connectivity index (χ2v) is 6.46. The number of nitrogens with zero attached hydrogens (tertiary/aromatic N) is 2. The van der Waals surface area contributed by atoms with Crippen LogP contribution in [0.25, 0.3) is 0 Å². The Morgan fingerprint density at radius 2 is 1.81 bits per heavy atom. The van der Waals surface area contributed by atoms with Crippen LogP contribution in [-0.2, 0) is 11.3 Å². The predicted octanol–water partition coefficient (Wildman–Crippen LogP) is 3.98. The van der Waals surface area contributed by atoms with Crippen LogP contribution in [0.5, 0.6) is 0 Å². The molecule has 0 spiro atoms. The SMILES string of the molecule is O=C1CCN(C(=O)Nc2ccc(F)c(Cl)c2)CN1Cc1ccc(F)c(F)c1. The van der Waals surface area contributed by atoms with E-state index >= 15 is 0 Å². The Balaban J connectivity index is 1.66. The van der Waals surface area contributed by atoms with Gasteiger partial charge in [-0.1, -0.05) is 17.7 Å². The van der Waals surface area contributed by atoms with Crippen LogP contribution in [0.1, 0.15) is 12.0 Å². The number of anilines is 1. The predicted molar refractivity (Wildman–Crippen MR) is 93.5 cm³/mol. The molecule has 1 saturated heterocycles. The molecule has 2 aromatic rings. The lowest BCUT2D eigenvalue weighted by Gasteiger charge is -2.35. The van der Waals surface area contributed by atoms with Crippen molar-refractivity contribution in [2.45, 2.75) is 13.0 Å². The maximum Gasteiger partial charge on any atom is 0.323 e. The lowest BCUT2D eigenvalue weighted by molar-refractivity contribution is -0.137. The third-order valence-corrected chi connectivity index (χ3v) is 4.39. The van der Waals surface area contributed by atoms with Crippen LogP contribution < -0.4 is 5.32 Å². The minimum Gasteiger partial charge on any atom is -0.320 e. The van der Waals surface area contributed by atoms with Crippen LogP contribution in [0.3, 0.4) is 0 Å². The van der Waals surface area contributed by atoms with Gasteiger partial charge in [0.15, 0.2) is 11.6 Å². The van der Waals surface area contributed by atoms with Crippen LogP contribution in [0.15, 0.2) is 36.4 Å². The highest BCUT2D eigenvalue weighted by molar-refractivity contribution is 6.31. The van der Waals surface area contributed by atoms with Gasteiger partial charge in [0, 0.05) is 25.2 Å². The third kappa shape index (κ3) is 4.51. The number of carbonyl (C=O) groups is 2. The fourth-order valence-corrected chi connectivity index (χ4v) is 2.86. The summed E-state index contributed by atoms with van der Waals surface area (Å²) in [5, 5.41) is 2.46. The van der Waals surface area contributed by atoms with E-state index in [0.717, 1.165) is 18.2 Å². The number of hydrogen-bond donors (Lipinski definition) is 1. The van der Waals surface area contributed by atoms with Gasteiger partial charge in [0.1, 0.15) is 5.82 Å². The van der Waals surface area contributed by atoms with Crippen molar-refractivity contribution in [2.75, 3.05) is 18.5 Å². The van der Waals surface area contributed by atoms with Crippen molar-refractivity contribution in [1.29, 1.82) is 0 Å². The van der Waals surface area contributed by atoms with Gasteiger partial charge in [0.2, 0.25) is 5.91 Å². The molecule has 0 bridgehead atoms. The first-order valence-electron chi connectivity index (χ1n) is 8.06. The molecule has 1 aliphatic heterocycles. The summed E-state index contributed by atoms with van der Waals surface area (Å²) >= 11 is 5.69. The van der Waals surface area contributed by atoms with Gasteiger partial charge < -0.3 is 15.1 Å². The molecule has 0 saturated carbocycles. The van der Waals surface area contributed by atoms with Crippen LogP contribution in [-0.4, -0.2) is 35.0 Å². The van der Waals surface area contributed by atoms with Crippen molar-refractivity contribution in [3.05, 3.63) is 64.4 Å². The molecule has 3 amide bonds. The van der Waals surface area contributed by atoms with E-state index in [1.807, 2.05) is 0 Å². The van der Waals surface area contributed by atoms with E-state index in [2.05, 4.69) is 5.32 Å². The van der Waals surface area contributed by atoms with E-state index in [-0.39, 0.29) is 37.1 Å². The molecular formula is C18H15ClF3N3O2. The van der Waals surface area contributed by atoms with Gasteiger partial charge >= 0.3 is 6.03 Å². The molecule has 27 heavy (non-hydrogen) atoms. The molecular weight excluding hydrogens is 383 g/mol. The summed E-state index contributed by atoms with van der Waals surface area (Å²) in [5.74, 6) is -2.77. The fourth-order valence-electron chi connectivity index (χ4n) is 2.68. The molecule has 3 rings (SSSR count). The fraction of sp³-hybridized carbons (Fsp3) is 0.222. The van der Waals surface area contributed by atoms with E-state index in [1.165, 1.54) is 28.0 Å². The van der Waals surface area contributed by atoms with E-state index in [1.54, 1.807) is 0 Å². The van der Waals surface area contributed by atoms with Gasteiger partial charge in [-0.05, 0) is 35.9 Å². The Labute approximate surface area is 158 Å². The minimum atomic E-state index is -1.00. The van der Waals surface area contributed by atoms with Crippen molar-refractivity contribution in [1.82, 2.24) is 9.80 Å². The van der Waals surface area contributed by atoms with Gasteiger partial charge in [-0.15, -0.1) is 0 Å². The van der Waals surface area contributed by atoms with Crippen molar-refractivity contribution >= 4 is 29.2 Å². The number of benzene rings is 2.